The lowest BCUT2D eigenvalue weighted by Crippen LogP contribution is -2.33. The summed E-state index contributed by atoms with van der Waals surface area (Å²) < 4.78 is 7.20. The number of carbonyl (C=O) groups excluding carboxylic acids is 2. The van der Waals surface area contributed by atoms with E-state index in [0.717, 1.165) is 42.8 Å². The molecule has 0 unspecified atom stereocenters. The van der Waals surface area contributed by atoms with Crippen LogP contribution in [0.5, 0.6) is 0 Å². The van der Waals surface area contributed by atoms with Crippen LogP contribution in [0, 0.1) is 31.1 Å². The standard InChI is InChI=1S/C22H31N3O3/c1-4-10-25-16(2)11-19(17(25)3)12-20(13-23)22(27)28-15-21(26)24-14-18-8-6-5-7-9-18/h11-12,18H,4-10,14-15H2,1-3H3,(H,24,26)/b20-12+. The predicted molar refractivity (Wildman–Crippen MR) is 108 cm³/mol. The Morgan fingerprint density at radius 1 is 1.32 bits per heavy atom. The van der Waals surface area contributed by atoms with Gasteiger partial charge in [-0.1, -0.05) is 26.2 Å². The van der Waals surface area contributed by atoms with Crippen molar-refractivity contribution in [2.75, 3.05) is 13.2 Å². The molecule has 2 rings (SSSR count). The molecular weight excluding hydrogens is 354 g/mol. The van der Waals surface area contributed by atoms with Crippen molar-refractivity contribution in [3.05, 3.63) is 28.6 Å². The van der Waals surface area contributed by atoms with E-state index in [0.29, 0.717) is 12.5 Å². The first-order valence-corrected chi connectivity index (χ1v) is 10.2. The quantitative estimate of drug-likeness (QED) is 0.420. The van der Waals surface area contributed by atoms with Gasteiger partial charge in [-0.05, 0) is 56.7 Å². The predicted octanol–water partition coefficient (Wildman–Crippen LogP) is 3.66. The maximum absolute atomic E-state index is 12.2. The van der Waals surface area contributed by atoms with Gasteiger partial charge in [-0.25, -0.2) is 4.79 Å². The summed E-state index contributed by atoms with van der Waals surface area (Å²) in [6, 6.07) is 3.84. The normalized spacial score (nSPS) is 15.1. The number of aryl methyl sites for hydroxylation is 1. The molecule has 0 saturated heterocycles. The first-order chi connectivity index (χ1) is 13.5. The van der Waals surface area contributed by atoms with Crippen molar-refractivity contribution < 1.29 is 14.3 Å². The first kappa shape index (κ1) is 21.7. The van der Waals surface area contributed by atoms with Gasteiger partial charge in [0.15, 0.2) is 6.61 Å². The maximum atomic E-state index is 12.2. The molecule has 152 valence electrons. The summed E-state index contributed by atoms with van der Waals surface area (Å²) in [5.41, 5.74) is 2.81. The highest BCUT2D eigenvalue weighted by Crippen LogP contribution is 2.22. The Hall–Kier alpha value is -2.55. The summed E-state index contributed by atoms with van der Waals surface area (Å²) in [5, 5.41) is 12.2. The molecule has 0 aliphatic heterocycles. The molecule has 1 amide bonds. The Morgan fingerprint density at radius 3 is 2.68 bits per heavy atom. The van der Waals surface area contributed by atoms with Gasteiger partial charge in [-0.2, -0.15) is 5.26 Å². The van der Waals surface area contributed by atoms with Gasteiger partial charge < -0.3 is 14.6 Å². The van der Waals surface area contributed by atoms with E-state index in [-0.39, 0.29) is 18.1 Å². The van der Waals surface area contributed by atoms with Crippen LogP contribution in [0.15, 0.2) is 11.6 Å². The SMILES string of the molecule is CCCn1c(C)cc(/C=C(\C#N)C(=O)OCC(=O)NCC2CCCCC2)c1C. The Bertz CT molecular complexity index is 765. The summed E-state index contributed by atoms with van der Waals surface area (Å²) >= 11 is 0. The van der Waals surface area contributed by atoms with Crippen molar-refractivity contribution in [2.24, 2.45) is 5.92 Å². The van der Waals surface area contributed by atoms with Crippen LogP contribution in [0.2, 0.25) is 0 Å². The highest BCUT2D eigenvalue weighted by Gasteiger charge is 2.17. The van der Waals surface area contributed by atoms with Gasteiger partial charge in [0.25, 0.3) is 5.91 Å². The zero-order chi connectivity index (χ0) is 20.5. The number of carbonyl (C=O) groups is 2. The highest BCUT2D eigenvalue weighted by molar-refractivity contribution is 5.99. The maximum Gasteiger partial charge on any atom is 0.349 e. The van der Waals surface area contributed by atoms with Crippen LogP contribution in [-0.4, -0.2) is 29.6 Å². The number of amides is 1. The topological polar surface area (TPSA) is 84.1 Å². The molecular formula is C22H31N3O3. The number of ether oxygens (including phenoxy) is 1. The first-order valence-electron chi connectivity index (χ1n) is 10.2. The van der Waals surface area contributed by atoms with Crippen LogP contribution in [0.1, 0.15) is 62.4 Å². The second kappa shape index (κ2) is 10.7. The van der Waals surface area contributed by atoms with Crippen molar-refractivity contribution in [2.45, 2.75) is 65.8 Å². The molecule has 1 aliphatic rings. The fourth-order valence-electron chi connectivity index (χ4n) is 3.74. The number of aromatic nitrogens is 1. The van der Waals surface area contributed by atoms with E-state index in [2.05, 4.69) is 16.8 Å². The summed E-state index contributed by atoms with van der Waals surface area (Å²) in [5.74, 6) is -0.575. The number of nitrogens with one attached hydrogen (secondary N) is 1. The third-order valence-electron chi connectivity index (χ3n) is 5.35. The molecule has 0 atom stereocenters. The molecule has 0 spiro atoms. The van der Waals surface area contributed by atoms with Crippen molar-refractivity contribution in [3.8, 4) is 6.07 Å². The van der Waals surface area contributed by atoms with Gasteiger partial charge >= 0.3 is 5.97 Å². The lowest BCUT2D eigenvalue weighted by Gasteiger charge is -2.21. The van der Waals surface area contributed by atoms with E-state index in [4.69, 9.17) is 4.74 Å². The zero-order valence-corrected chi connectivity index (χ0v) is 17.2. The number of rotatable bonds is 8. The molecule has 1 aromatic heterocycles. The van der Waals surface area contributed by atoms with Gasteiger partial charge in [0, 0.05) is 24.5 Å². The highest BCUT2D eigenvalue weighted by atomic mass is 16.5. The van der Waals surface area contributed by atoms with Gasteiger partial charge in [0.1, 0.15) is 11.6 Å². The number of esters is 1. The molecule has 1 heterocycles. The van der Waals surface area contributed by atoms with Crippen molar-refractivity contribution >= 4 is 18.0 Å². The second-order valence-electron chi connectivity index (χ2n) is 7.53. The molecule has 28 heavy (non-hydrogen) atoms. The van der Waals surface area contributed by atoms with Crippen LogP contribution in [0.25, 0.3) is 6.08 Å². The fourth-order valence-corrected chi connectivity index (χ4v) is 3.74. The molecule has 1 saturated carbocycles. The minimum Gasteiger partial charge on any atom is -0.451 e. The number of hydrogen-bond acceptors (Lipinski definition) is 4. The second-order valence-corrected chi connectivity index (χ2v) is 7.53. The molecule has 0 radical (unpaired) electrons. The van der Waals surface area contributed by atoms with E-state index in [1.807, 2.05) is 26.0 Å². The smallest absolute Gasteiger partial charge is 0.349 e. The average molecular weight is 386 g/mol. The van der Waals surface area contributed by atoms with Crippen LogP contribution < -0.4 is 5.32 Å². The van der Waals surface area contributed by atoms with Gasteiger partial charge in [0.2, 0.25) is 0 Å². The molecule has 6 heteroatoms. The van der Waals surface area contributed by atoms with Gasteiger partial charge in [0.05, 0.1) is 0 Å². The number of nitrogens with zero attached hydrogens (tertiary/aromatic N) is 2. The largest absolute Gasteiger partial charge is 0.451 e. The van der Waals surface area contributed by atoms with E-state index < -0.39 is 5.97 Å². The van der Waals surface area contributed by atoms with Crippen LogP contribution >= 0.6 is 0 Å². The molecule has 1 aliphatic carbocycles. The lowest BCUT2D eigenvalue weighted by atomic mass is 9.89. The molecule has 0 bridgehead atoms. The van der Waals surface area contributed by atoms with Crippen LogP contribution in [-0.2, 0) is 20.9 Å². The minimum absolute atomic E-state index is 0.100. The Balaban J connectivity index is 1.90. The molecule has 1 aromatic rings. The Morgan fingerprint density at radius 2 is 2.04 bits per heavy atom. The summed E-state index contributed by atoms with van der Waals surface area (Å²) in [6.45, 7) is 7.22. The van der Waals surface area contributed by atoms with E-state index in [1.54, 1.807) is 0 Å². The van der Waals surface area contributed by atoms with Crippen LogP contribution in [0.3, 0.4) is 0 Å². The third-order valence-corrected chi connectivity index (χ3v) is 5.35. The fraction of sp³-hybridized carbons (Fsp3) is 0.591. The van der Waals surface area contributed by atoms with Gasteiger partial charge in [-0.15, -0.1) is 0 Å². The van der Waals surface area contributed by atoms with E-state index in [9.17, 15) is 14.9 Å². The van der Waals surface area contributed by atoms with E-state index in [1.165, 1.54) is 25.3 Å². The number of hydrogen-bond donors (Lipinski definition) is 1. The van der Waals surface area contributed by atoms with Crippen molar-refractivity contribution in [1.29, 1.82) is 5.26 Å². The van der Waals surface area contributed by atoms with Crippen molar-refractivity contribution in [3.63, 3.8) is 0 Å². The summed E-state index contributed by atoms with van der Waals surface area (Å²) in [7, 11) is 0. The van der Waals surface area contributed by atoms with Crippen LogP contribution in [0.4, 0.5) is 0 Å². The lowest BCUT2D eigenvalue weighted by molar-refractivity contribution is -0.144. The van der Waals surface area contributed by atoms with Crippen molar-refractivity contribution in [1.82, 2.24) is 9.88 Å². The zero-order valence-electron chi connectivity index (χ0n) is 17.2. The summed E-state index contributed by atoms with van der Waals surface area (Å²) in [4.78, 5) is 24.2. The molecule has 0 aromatic carbocycles. The number of nitriles is 1. The average Bonchev–Trinajstić information content (AvgIpc) is 2.97. The third kappa shape index (κ3) is 5.98. The van der Waals surface area contributed by atoms with E-state index >= 15 is 0 Å². The molecule has 1 fully saturated rings. The summed E-state index contributed by atoms with van der Waals surface area (Å²) in [6.07, 6.45) is 8.51. The molecule has 1 N–H and O–H groups in total. The molecule has 6 nitrogen and oxygen atoms in total. The Kier molecular flexibility index (Phi) is 8.31. The monoisotopic (exact) mass is 385 g/mol. The Labute approximate surface area is 167 Å². The van der Waals surface area contributed by atoms with Gasteiger partial charge in [-0.3, -0.25) is 4.79 Å². The minimum atomic E-state index is -0.768.